The molecular formula is C25H28O12. The van der Waals surface area contributed by atoms with Gasteiger partial charge in [0, 0.05) is 17.2 Å². The van der Waals surface area contributed by atoms with Crippen LogP contribution < -0.4 is 23.7 Å². The summed E-state index contributed by atoms with van der Waals surface area (Å²) in [7, 11) is 3.01. The smallest absolute Gasteiger partial charge is 0.335 e. The number of carboxylic acids is 1. The summed E-state index contributed by atoms with van der Waals surface area (Å²) >= 11 is 0. The molecule has 37 heavy (non-hydrogen) atoms. The molecule has 5 rings (SSSR count). The van der Waals surface area contributed by atoms with E-state index in [-0.39, 0.29) is 11.5 Å². The van der Waals surface area contributed by atoms with Gasteiger partial charge in [-0.05, 0) is 24.1 Å². The number of carbonyl (C=O) groups is 1. The van der Waals surface area contributed by atoms with Crippen LogP contribution in [0.25, 0.3) is 0 Å². The van der Waals surface area contributed by atoms with Gasteiger partial charge in [-0.3, -0.25) is 0 Å². The number of aryl methyl sites for hydroxylation is 1. The highest BCUT2D eigenvalue weighted by Crippen LogP contribution is 2.58. The Labute approximate surface area is 211 Å². The average Bonchev–Trinajstić information content (AvgIpc) is 3.27. The SMILES string of the molecule is CCc1cc(O[C@@H]2O[C@H](C(=O)O)[C@@H](O)[C@H](O)[C@H]2O)cc2c1[C@@H]1Oc3c(ccc(OC)c3OC)[C@@H]1[C@@H](O)O2. The monoisotopic (exact) mass is 520 g/mol. The third-order valence-electron chi connectivity index (χ3n) is 6.95. The van der Waals surface area contributed by atoms with E-state index in [0.717, 1.165) is 5.56 Å². The number of aliphatic carboxylic acids is 1. The molecule has 3 aliphatic rings. The topological polar surface area (TPSA) is 174 Å². The molecule has 2 aromatic rings. The van der Waals surface area contributed by atoms with Crippen LogP contribution in [0.4, 0.5) is 0 Å². The van der Waals surface area contributed by atoms with Crippen molar-refractivity contribution in [2.75, 3.05) is 14.2 Å². The summed E-state index contributed by atoms with van der Waals surface area (Å²) in [4.78, 5) is 11.4. The highest BCUT2D eigenvalue weighted by atomic mass is 16.7. The molecule has 0 amide bonds. The second-order valence-corrected chi connectivity index (χ2v) is 8.99. The zero-order valence-corrected chi connectivity index (χ0v) is 20.2. The van der Waals surface area contributed by atoms with E-state index in [1.807, 2.05) is 6.92 Å². The van der Waals surface area contributed by atoms with E-state index in [1.54, 1.807) is 18.2 Å². The number of fused-ring (bicyclic) bond motifs is 5. The molecule has 12 nitrogen and oxygen atoms in total. The quantitative estimate of drug-likeness (QED) is 0.357. The number of ether oxygens (including phenoxy) is 6. The maximum Gasteiger partial charge on any atom is 0.335 e. The molecule has 0 unspecified atom stereocenters. The number of aliphatic hydroxyl groups excluding tert-OH is 4. The van der Waals surface area contributed by atoms with Gasteiger partial charge >= 0.3 is 5.97 Å². The molecule has 200 valence electrons. The fraction of sp³-hybridized carbons (Fsp3) is 0.480. The molecule has 2 aromatic carbocycles. The predicted molar refractivity (Wildman–Crippen MR) is 123 cm³/mol. The number of hydrogen-bond donors (Lipinski definition) is 5. The van der Waals surface area contributed by atoms with Crippen LogP contribution in [0.1, 0.15) is 35.6 Å². The van der Waals surface area contributed by atoms with Crippen LogP contribution in [0.2, 0.25) is 0 Å². The Morgan fingerprint density at radius 1 is 1.00 bits per heavy atom. The lowest BCUT2D eigenvalue weighted by atomic mass is 9.85. The van der Waals surface area contributed by atoms with Crippen molar-refractivity contribution < 1.29 is 58.7 Å². The molecule has 0 aromatic heterocycles. The van der Waals surface area contributed by atoms with E-state index in [0.29, 0.717) is 34.8 Å². The van der Waals surface area contributed by atoms with Crippen LogP contribution in [0.15, 0.2) is 24.3 Å². The minimum absolute atomic E-state index is 0.132. The van der Waals surface area contributed by atoms with Gasteiger partial charge in [0.25, 0.3) is 0 Å². The molecule has 0 spiro atoms. The van der Waals surface area contributed by atoms with Crippen molar-refractivity contribution in [3.63, 3.8) is 0 Å². The van der Waals surface area contributed by atoms with Crippen LogP contribution >= 0.6 is 0 Å². The Balaban J connectivity index is 1.49. The lowest BCUT2D eigenvalue weighted by Gasteiger charge is -2.39. The third kappa shape index (κ3) is 4.01. The van der Waals surface area contributed by atoms with Crippen LogP contribution in [0, 0.1) is 0 Å². The number of rotatable bonds is 6. The predicted octanol–water partition coefficient (Wildman–Crippen LogP) is 0.465. The fourth-order valence-corrected chi connectivity index (χ4v) is 5.13. The average molecular weight is 520 g/mol. The summed E-state index contributed by atoms with van der Waals surface area (Å²) < 4.78 is 34.0. The first-order chi connectivity index (χ1) is 17.7. The first-order valence-corrected chi connectivity index (χ1v) is 11.7. The summed E-state index contributed by atoms with van der Waals surface area (Å²) in [6.45, 7) is 1.90. The van der Waals surface area contributed by atoms with Gasteiger partial charge in [0.05, 0.1) is 20.1 Å². The second-order valence-electron chi connectivity index (χ2n) is 8.99. The minimum atomic E-state index is -1.84. The molecule has 0 saturated carbocycles. The maximum absolute atomic E-state index is 11.4. The van der Waals surface area contributed by atoms with Gasteiger partial charge in [-0.1, -0.05) is 13.0 Å². The van der Waals surface area contributed by atoms with Crippen molar-refractivity contribution in [2.24, 2.45) is 0 Å². The van der Waals surface area contributed by atoms with E-state index < -0.39 is 55.0 Å². The van der Waals surface area contributed by atoms with E-state index >= 15 is 0 Å². The second kappa shape index (κ2) is 9.54. The van der Waals surface area contributed by atoms with Gasteiger partial charge in [-0.25, -0.2) is 4.79 Å². The number of aliphatic hydroxyl groups is 4. The molecule has 0 bridgehead atoms. The maximum atomic E-state index is 11.4. The Bertz CT molecular complexity index is 1200. The normalized spacial score (nSPS) is 31.8. The summed E-state index contributed by atoms with van der Waals surface area (Å²) in [5.41, 5.74) is 2.13. The Hall–Kier alpha value is -3.29. The highest BCUT2D eigenvalue weighted by Gasteiger charge is 2.50. The number of benzene rings is 2. The molecule has 0 aliphatic carbocycles. The summed E-state index contributed by atoms with van der Waals surface area (Å²) in [6.07, 6.45) is -10.1. The van der Waals surface area contributed by atoms with Crippen LogP contribution in [-0.4, -0.2) is 82.7 Å². The Morgan fingerprint density at radius 2 is 1.76 bits per heavy atom. The minimum Gasteiger partial charge on any atom is -0.493 e. The van der Waals surface area contributed by atoms with Crippen molar-refractivity contribution in [1.29, 1.82) is 0 Å². The van der Waals surface area contributed by atoms with Gasteiger partial charge < -0.3 is 54.0 Å². The molecule has 8 atom stereocenters. The van der Waals surface area contributed by atoms with Crippen LogP contribution in [0.3, 0.4) is 0 Å². The Kier molecular flexibility index (Phi) is 6.54. The van der Waals surface area contributed by atoms with Gasteiger partial charge in [0.2, 0.25) is 18.3 Å². The lowest BCUT2D eigenvalue weighted by Crippen LogP contribution is -2.61. The first kappa shape index (κ1) is 25.4. The lowest BCUT2D eigenvalue weighted by molar-refractivity contribution is -0.271. The molecule has 0 radical (unpaired) electrons. The molecule has 12 heteroatoms. The third-order valence-corrected chi connectivity index (χ3v) is 6.95. The molecule has 1 fully saturated rings. The zero-order chi connectivity index (χ0) is 26.6. The highest BCUT2D eigenvalue weighted by molar-refractivity contribution is 5.73. The van der Waals surface area contributed by atoms with Gasteiger partial charge in [0.15, 0.2) is 17.6 Å². The van der Waals surface area contributed by atoms with Crippen molar-refractivity contribution in [2.45, 2.75) is 62.4 Å². The van der Waals surface area contributed by atoms with E-state index in [2.05, 4.69) is 0 Å². The Morgan fingerprint density at radius 3 is 2.41 bits per heavy atom. The summed E-state index contributed by atoms with van der Waals surface area (Å²) in [5.74, 6) is -0.340. The first-order valence-electron chi connectivity index (χ1n) is 11.7. The van der Waals surface area contributed by atoms with Gasteiger partial charge in [-0.15, -0.1) is 0 Å². The van der Waals surface area contributed by atoms with Gasteiger partial charge in [0.1, 0.15) is 35.9 Å². The standard InChI is InChI=1S/C25H28O12/c1-4-9-7-10(34-25-18(28)16(26)17(27)22(37-25)23(29)30)8-13-14(9)21-15(24(31)35-13)11-5-6-12(32-2)20(33-3)19(11)36-21/h5-8,15-18,21-22,24-28,31H,4H2,1-3H3,(H,29,30)/t15-,16-,17-,18+,21-,22-,24-,25+/m0/s1. The summed E-state index contributed by atoms with van der Waals surface area (Å²) in [5, 5.41) is 50.6. The van der Waals surface area contributed by atoms with Crippen LogP contribution in [0.5, 0.6) is 28.7 Å². The molecular weight excluding hydrogens is 492 g/mol. The number of methoxy groups -OCH3 is 2. The fourth-order valence-electron chi connectivity index (χ4n) is 5.13. The van der Waals surface area contributed by atoms with E-state index in [9.17, 15) is 30.3 Å². The molecule has 3 aliphatic heterocycles. The zero-order valence-electron chi connectivity index (χ0n) is 20.2. The van der Waals surface area contributed by atoms with Crippen molar-refractivity contribution in [3.05, 3.63) is 41.0 Å². The van der Waals surface area contributed by atoms with E-state index in [1.165, 1.54) is 20.3 Å². The van der Waals surface area contributed by atoms with Crippen LogP contribution in [-0.2, 0) is 16.0 Å². The molecule has 1 saturated heterocycles. The van der Waals surface area contributed by atoms with Gasteiger partial charge in [-0.2, -0.15) is 0 Å². The van der Waals surface area contributed by atoms with E-state index in [4.69, 9.17) is 28.4 Å². The number of carboxylic acid groups (broad SMARTS) is 1. The largest absolute Gasteiger partial charge is 0.493 e. The van der Waals surface area contributed by atoms with Crippen molar-refractivity contribution in [3.8, 4) is 28.7 Å². The molecule has 3 heterocycles. The van der Waals surface area contributed by atoms with Crippen molar-refractivity contribution >= 4 is 5.97 Å². The summed E-state index contributed by atoms with van der Waals surface area (Å²) in [6, 6.07) is 6.64. The number of hydrogen-bond acceptors (Lipinski definition) is 11. The van der Waals surface area contributed by atoms with Crippen molar-refractivity contribution in [1.82, 2.24) is 0 Å². The molecule has 5 N–H and O–H groups in total.